The molecule has 22 heavy (non-hydrogen) atoms. The fraction of sp³-hybridized carbons (Fsp3) is 0.429. The van der Waals surface area contributed by atoms with Gasteiger partial charge < -0.3 is 9.47 Å². The van der Waals surface area contributed by atoms with Gasteiger partial charge in [0.25, 0.3) is 0 Å². The Morgan fingerprint density at radius 2 is 1.55 bits per heavy atom. The summed E-state index contributed by atoms with van der Waals surface area (Å²) in [6.07, 6.45) is 1.19. The number of rotatable bonds is 7. The molecule has 4 nitrogen and oxygen atoms in total. The van der Waals surface area contributed by atoms with Crippen LogP contribution in [-0.4, -0.2) is 18.5 Å². The highest BCUT2D eigenvalue weighted by atomic mass is 35.5. The topological polar surface area (TPSA) is 52.6 Å². The summed E-state index contributed by atoms with van der Waals surface area (Å²) in [5.74, 6) is -1.03. The summed E-state index contributed by atoms with van der Waals surface area (Å²) in [5.41, 5.74) is 0. The summed E-state index contributed by atoms with van der Waals surface area (Å²) < 4.78 is 9.97. The normalized spacial score (nSPS) is 10.4. The van der Waals surface area contributed by atoms with Gasteiger partial charge in [-0.2, -0.15) is 0 Å². The van der Waals surface area contributed by atoms with Crippen molar-refractivity contribution in [2.75, 3.05) is 6.61 Å². The molecule has 0 aliphatic heterocycles. The van der Waals surface area contributed by atoms with Gasteiger partial charge in [0.2, 0.25) is 0 Å². The third kappa shape index (κ3) is 5.84. The van der Waals surface area contributed by atoms with Crippen LogP contribution in [0.5, 0.6) is 5.75 Å². The van der Waals surface area contributed by atoms with Gasteiger partial charge in [0.15, 0.2) is 5.75 Å². The molecule has 8 heteroatoms. The van der Waals surface area contributed by atoms with Crippen molar-refractivity contribution < 1.29 is 19.1 Å². The predicted octanol–water partition coefficient (Wildman–Crippen LogP) is 5.33. The number of hydrogen-bond acceptors (Lipinski definition) is 4. The second-order valence-corrected chi connectivity index (χ2v) is 5.92. The third-order valence-electron chi connectivity index (χ3n) is 2.52. The molecular formula is C14H14Cl4O4. The van der Waals surface area contributed by atoms with Crippen LogP contribution in [0.25, 0.3) is 0 Å². The van der Waals surface area contributed by atoms with Gasteiger partial charge >= 0.3 is 11.9 Å². The Labute approximate surface area is 148 Å². The molecule has 0 radical (unpaired) electrons. The molecule has 0 spiro atoms. The van der Waals surface area contributed by atoms with Gasteiger partial charge in [-0.15, -0.1) is 0 Å². The van der Waals surface area contributed by atoms with Crippen molar-refractivity contribution in [1.82, 2.24) is 0 Å². The van der Waals surface area contributed by atoms with Gasteiger partial charge in [0.1, 0.15) is 10.0 Å². The largest absolute Gasteiger partial charge is 0.466 e. The highest BCUT2D eigenvalue weighted by Crippen LogP contribution is 2.42. The molecule has 0 atom stereocenters. The molecule has 0 saturated heterocycles. The molecular weight excluding hydrogens is 374 g/mol. The maximum Gasteiger partial charge on any atom is 0.311 e. The van der Waals surface area contributed by atoms with Gasteiger partial charge in [0.05, 0.1) is 16.7 Å². The van der Waals surface area contributed by atoms with Crippen molar-refractivity contribution in [3.05, 3.63) is 26.2 Å². The van der Waals surface area contributed by atoms with Crippen LogP contribution < -0.4 is 4.74 Å². The van der Waals surface area contributed by atoms with Crippen molar-refractivity contribution >= 4 is 58.3 Å². The van der Waals surface area contributed by atoms with Gasteiger partial charge in [-0.05, 0) is 18.9 Å². The van der Waals surface area contributed by atoms with Crippen LogP contribution in [0.2, 0.25) is 20.1 Å². The number of halogens is 4. The lowest BCUT2D eigenvalue weighted by atomic mass is 10.2. The number of esters is 2. The lowest BCUT2D eigenvalue weighted by Gasteiger charge is -2.10. The molecule has 1 aromatic rings. The minimum atomic E-state index is -0.592. The monoisotopic (exact) mass is 386 g/mol. The summed E-state index contributed by atoms with van der Waals surface area (Å²) >= 11 is 23.5. The molecule has 122 valence electrons. The first kappa shape index (κ1) is 19.4. The Kier molecular flexibility index (Phi) is 8.33. The Hall–Kier alpha value is -0.680. The van der Waals surface area contributed by atoms with E-state index in [-0.39, 0.29) is 44.7 Å². The summed E-state index contributed by atoms with van der Waals surface area (Å²) in [6.45, 7) is 2.27. The molecule has 0 aromatic heterocycles. The van der Waals surface area contributed by atoms with Gasteiger partial charge in [-0.3, -0.25) is 9.59 Å². The predicted molar refractivity (Wildman–Crippen MR) is 87.2 cm³/mol. The molecule has 0 aliphatic carbocycles. The molecule has 0 N–H and O–H groups in total. The number of hydrogen-bond donors (Lipinski definition) is 0. The summed E-state index contributed by atoms with van der Waals surface area (Å²) in [7, 11) is 0. The van der Waals surface area contributed by atoms with E-state index < -0.39 is 5.97 Å². The molecule has 0 amide bonds. The maximum atomic E-state index is 11.8. The van der Waals surface area contributed by atoms with Crippen LogP contribution in [0.3, 0.4) is 0 Å². The molecule has 1 aromatic carbocycles. The second-order valence-electron chi connectivity index (χ2n) is 4.35. The molecule has 0 heterocycles. The zero-order chi connectivity index (χ0) is 16.7. The lowest BCUT2D eigenvalue weighted by Crippen LogP contribution is -2.11. The van der Waals surface area contributed by atoms with E-state index in [9.17, 15) is 9.59 Å². The van der Waals surface area contributed by atoms with Crippen molar-refractivity contribution in [2.24, 2.45) is 0 Å². The van der Waals surface area contributed by atoms with Crippen molar-refractivity contribution in [1.29, 1.82) is 0 Å². The minimum Gasteiger partial charge on any atom is -0.466 e. The van der Waals surface area contributed by atoms with E-state index in [1.807, 2.05) is 6.92 Å². The van der Waals surface area contributed by atoms with Crippen LogP contribution in [0.4, 0.5) is 0 Å². The van der Waals surface area contributed by atoms with Crippen molar-refractivity contribution in [3.63, 3.8) is 0 Å². The van der Waals surface area contributed by atoms with E-state index in [1.54, 1.807) is 0 Å². The molecule has 0 bridgehead atoms. The van der Waals surface area contributed by atoms with Crippen LogP contribution >= 0.6 is 46.4 Å². The number of benzene rings is 1. The third-order valence-corrected chi connectivity index (χ3v) is 4.06. The van der Waals surface area contributed by atoms with E-state index in [4.69, 9.17) is 55.9 Å². The van der Waals surface area contributed by atoms with Crippen LogP contribution in [0, 0.1) is 0 Å². The lowest BCUT2D eigenvalue weighted by molar-refractivity contribution is -0.144. The van der Waals surface area contributed by atoms with Crippen molar-refractivity contribution in [3.8, 4) is 5.75 Å². The Morgan fingerprint density at radius 3 is 2.09 bits per heavy atom. The van der Waals surface area contributed by atoms with Crippen LogP contribution in [0.1, 0.15) is 32.6 Å². The fourth-order valence-electron chi connectivity index (χ4n) is 1.47. The quantitative estimate of drug-likeness (QED) is 0.360. The number of carbonyl (C=O) groups excluding carboxylic acids is 2. The summed E-state index contributed by atoms with van der Waals surface area (Å²) in [6, 6.07) is 1.36. The fourth-order valence-corrected chi connectivity index (χ4v) is 2.34. The summed E-state index contributed by atoms with van der Waals surface area (Å²) in [5, 5.41) is 0.266. The van der Waals surface area contributed by atoms with E-state index in [2.05, 4.69) is 0 Å². The first-order chi connectivity index (χ1) is 10.4. The highest BCUT2D eigenvalue weighted by Gasteiger charge is 2.18. The van der Waals surface area contributed by atoms with Gasteiger partial charge in [0, 0.05) is 12.8 Å². The Bertz CT molecular complexity index is 534. The van der Waals surface area contributed by atoms with Gasteiger partial charge in [-0.1, -0.05) is 53.3 Å². The average Bonchev–Trinajstić information content (AvgIpc) is 2.47. The molecule has 0 saturated carbocycles. The second kappa shape index (κ2) is 9.46. The summed E-state index contributed by atoms with van der Waals surface area (Å²) in [4.78, 5) is 23.0. The Balaban J connectivity index is 2.54. The smallest absolute Gasteiger partial charge is 0.311 e. The number of carbonyl (C=O) groups is 2. The van der Waals surface area contributed by atoms with Crippen LogP contribution in [0.15, 0.2) is 6.07 Å². The molecule has 0 unspecified atom stereocenters. The highest BCUT2D eigenvalue weighted by molar-refractivity contribution is 6.48. The SMILES string of the molecule is CCCOC(=O)CCCC(=O)Oc1c(Cl)c(Cl)cc(Cl)c1Cl. The zero-order valence-corrected chi connectivity index (χ0v) is 14.8. The van der Waals surface area contributed by atoms with E-state index in [0.717, 1.165) is 6.42 Å². The van der Waals surface area contributed by atoms with E-state index in [0.29, 0.717) is 13.0 Å². The average molecular weight is 388 g/mol. The standard InChI is InChI=1S/C14H14Cl4O4/c1-2-6-21-10(19)4-3-5-11(20)22-14-12(17)8(15)7-9(16)13(14)18/h7H,2-6H2,1H3. The first-order valence-corrected chi connectivity index (χ1v) is 8.07. The van der Waals surface area contributed by atoms with Crippen LogP contribution in [-0.2, 0) is 14.3 Å². The molecule has 1 rings (SSSR count). The molecule has 0 aliphatic rings. The zero-order valence-electron chi connectivity index (χ0n) is 11.8. The first-order valence-electron chi connectivity index (χ1n) is 6.56. The minimum absolute atomic E-state index is 0.00627. The number of ether oxygens (including phenoxy) is 2. The maximum absolute atomic E-state index is 11.8. The van der Waals surface area contributed by atoms with Gasteiger partial charge in [-0.25, -0.2) is 0 Å². The Morgan fingerprint density at radius 1 is 1.00 bits per heavy atom. The van der Waals surface area contributed by atoms with Crippen molar-refractivity contribution in [2.45, 2.75) is 32.6 Å². The molecule has 0 fully saturated rings. The van der Waals surface area contributed by atoms with E-state index in [1.165, 1.54) is 6.07 Å². The van der Waals surface area contributed by atoms with E-state index >= 15 is 0 Å².